The molecule has 206 valence electrons. The lowest BCUT2D eigenvalue weighted by atomic mass is 10.0. The molecule has 0 unspecified atom stereocenters. The van der Waals surface area contributed by atoms with Crippen molar-refractivity contribution >= 4 is 28.5 Å². The molecule has 0 saturated carbocycles. The lowest BCUT2D eigenvalue weighted by Crippen LogP contribution is -2.49. The SMILES string of the molecule is Cc1ccc2c(c1)c(C(=O)N1CCN(c3cnc(C(=O)NCc4cccnc4)cn3)CC1)c(-c1ccccc1)n2C. The van der Waals surface area contributed by atoms with Crippen LogP contribution in [-0.4, -0.2) is 62.4 Å². The molecule has 2 amide bonds. The standard InChI is InChI=1S/C32H31N7O2/c1-22-10-11-27-25(17-22)29(30(37(27)2)24-8-4-3-5-9-24)32(41)39-15-13-38(14-16-39)28-21-34-26(20-35-28)31(40)36-19-23-7-6-12-33-18-23/h3-12,17-18,20-21H,13-16,19H2,1-2H3,(H,36,40). The van der Waals surface area contributed by atoms with E-state index in [2.05, 4.69) is 67.0 Å². The van der Waals surface area contributed by atoms with Crippen LogP contribution in [-0.2, 0) is 13.6 Å². The number of carbonyl (C=O) groups excluding carboxylic acids is 2. The van der Waals surface area contributed by atoms with Gasteiger partial charge in [-0.15, -0.1) is 0 Å². The first-order valence-corrected chi connectivity index (χ1v) is 13.7. The number of nitrogens with one attached hydrogen (secondary N) is 1. The second kappa shape index (κ2) is 11.2. The lowest BCUT2D eigenvalue weighted by molar-refractivity contribution is 0.0748. The van der Waals surface area contributed by atoms with Crippen LogP contribution in [0.1, 0.15) is 32.0 Å². The third kappa shape index (κ3) is 5.26. The van der Waals surface area contributed by atoms with Gasteiger partial charge in [-0.05, 0) is 36.2 Å². The van der Waals surface area contributed by atoms with E-state index < -0.39 is 0 Å². The minimum atomic E-state index is -0.289. The molecule has 9 heteroatoms. The maximum Gasteiger partial charge on any atom is 0.271 e. The van der Waals surface area contributed by atoms with Crippen LogP contribution in [0.4, 0.5) is 5.82 Å². The largest absolute Gasteiger partial charge is 0.352 e. The molecule has 1 aliphatic rings. The summed E-state index contributed by atoms with van der Waals surface area (Å²) in [4.78, 5) is 43.5. The van der Waals surface area contributed by atoms with Gasteiger partial charge in [-0.1, -0.05) is 48.0 Å². The predicted molar refractivity (Wildman–Crippen MR) is 159 cm³/mol. The normalized spacial score (nSPS) is 13.4. The van der Waals surface area contributed by atoms with Gasteiger partial charge >= 0.3 is 0 Å². The summed E-state index contributed by atoms with van der Waals surface area (Å²) in [5.41, 5.74) is 6.02. The van der Waals surface area contributed by atoms with Gasteiger partial charge in [0.05, 0.1) is 23.7 Å². The first kappa shape index (κ1) is 26.2. The molecular formula is C32H31N7O2. The van der Waals surface area contributed by atoms with Gasteiger partial charge < -0.3 is 19.7 Å². The van der Waals surface area contributed by atoms with E-state index in [4.69, 9.17) is 0 Å². The highest BCUT2D eigenvalue weighted by Gasteiger charge is 2.29. The number of nitrogens with zero attached hydrogens (tertiary/aromatic N) is 6. The van der Waals surface area contributed by atoms with Gasteiger partial charge in [0, 0.05) is 63.1 Å². The van der Waals surface area contributed by atoms with Crippen LogP contribution in [0, 0.1) is 6.92 Å². The summed E-state index contributed by atoms with van der Waals surface area (Å²) in [6.45, 7) is 4.79. The number of carbonyl (C=O) groups is 2. The van der Waals surface area contributed by atoms with Crippen molar-refractivity contribution in [2.45, 2.75) is 13.5 Å². The first-order chi connectivity index (χ1) is 20.0. The van der Waals surface area contributed by atoms with Crippen molar-refractivity contribution in [2.24, 2.45) is 7.05 Å². The van der Waals surface area contributed by atoms with E-state index in [1.807, 2.05) is 42.3 Å². The summed E-state index contributed by atoms with van der Waals surface area (Å²) in [6, 6.07) is 20.1. The zero-order chi connectivity index (χ0) is 28.3. The lowest BCUT2D eigenvalue weighted by Gasteiger charge is -2.35. The molecular weight excluding hydrogens is 514 g/mol. The monoisotopic (exact) mass is 545 g/mol. The van der Waals surface area contributed by atoms with Crippen molar-refractivity contribution in [2.75, 3.05) is 31.1 Å². The highest BCUT2D eigenvalue weighted by Crippen LogP contribution is 2.35. The number of aryl methyl sites for hydroxylation is 2. The third-order valence-corrected chi connectivity index (χ3v) is 7.55. The van der Waals surface area contributed by atoms with Crippen LogP contribution in [0.3, 0.4) is 0 Å². The summed E-state index contributed by atoms with van der Waals surface area (Å²) >= 11 is 0. The van der Waals surface area contributed by atoms with E-state index in [0.717, 1.165) is 38.9 Å². The first-order valence-electron chi connectivity index (χ1n) is 13.7. The van der Waals surface area contributed by atoms with E-state index in [0.29, 0.717) is 38.5 Å². The van der Waals surface area contributed by atoms with E-state index in [9.17, 15) is 9.59 Å². The van der Waals surface area contributed by atoms with Crippen LogP contribution < -0.4 is 10.2 Å². The molecule has 1 saturated heterocycles. The number of benzene rings is 2. The van der Waals surface area contributed by atoms with Crippen molar-refractivity contribution in [1.29, 1.82) is 0 Å². The van der Waals surface area contributed by atoms with Crippen LogP contribution in [0.25, 0.3) is 22.2 Å². The maximum absolute atomic E-state index is 14.1. The Bertz CT molecular complexity index is 1690. The Kier molecular flexibility index (Phi) is 7.16. The third-order valence-electron chi connectivity index (χ3n) is 7.55. The number of hydrogen-bond donors (Lipinski definition) is 1. The highest BCUT2D eigenvalue weighted by molar-refractivity contribution is 6.13. The molecule has 0 bridgehead atoms. The van der Waals surface area contributed by atoms with Crippen LogP contribution in [0.2, 0.25) is 0 Å². The second-order valence-electron chi connectivity index (χ2n) is 10.3. The molecule has 41 heavy (non-hydrogen) atoms. The molecule has 0 atom stereocenters. The Labute approximate surface area is 238 Å². The Hall–Kier alpha value is -5.05. The summed E-state index contributed by atoms with van der Waals surface area (Å²) in [5, 5.41) is 3.82. The van der Waals surface area contributed by atoms with E-state index >= 15 is 0 Å². The van der Waals surface area contributed by atoms with Crippen molar-refractivity contribution in [3.8, 4) is 11.3 Å². The van der Waals surface area contributed by atoms with Gasteiger partial charge in [0.15, 0.2) is 0 Å². The fourth-order valence-corrected chi connectivity index (χ4v) is 5.38. The zero-order valence-electron chi connectivity index (χ0n) is 23.1. The summed E-state index contributed by atoms with van der Waals surface area (Å²) < 4.78 is 2.12. The molecule has 6 rings (SSSR count). The zero-order valence-corrected chi connectivity index (χ0v) is 23.1. The molecule has 4 heterocycles. The highest BCUT2D eigenvalue weighted by atomic mass is 16.2. The van der Waals surface area contributed by atoms with Gasteiger partial charge in [-0.2, -0.15) is 0 Å². The molecule has 1 fully saturated rings. The smallest absolute Gasteiger partial charge is 0.271 e. The Morgan fingerprint density at radius 2 is 1.71 bits per heavy atom. The van der Waals surface area contributed by atoms with Crippen LogP contribution in [0.15, 0.2) is 85.5 Å². The number of aromatic nitrogens is 4. The number of rotatable bonds is 6. The number of amides is 2. The molecule has 0 aliphatic carbocycles. The maximum atomic E-state index is 14.1. The average molecular weight is 546 g/mol. The van der Waals surface area contributed by atoms with E-state index in [1.165, 1.54) is 6.20 Å². The molecule has 5 aromatic rings. The fourth-order valence-electron chi connectivity index (χ4n) is 5.38. The molecule has 1 N–H and O–H groups in total. The van der Waals surface area contributed by atoms with Gasteiger partial charge in [-0.25, -0.2) is 9.97 Å². The number of fused-ring (bicyclic) bond motifs is 1. The van der Waals surface area contributed by atoms with Crippen LogP contribution >= 0.6 is 0 Å². The Morgan fingerprint density at radius 1 is 0.902 bits per heavy atom. The van der Waals surface area contributed by atoms with Crippen molar-refractivity contribution in [3.63, 3.8) is 0 Å². The molecule has 1 aliphatic heterocycles. The molecule has 2 aromatic carbocycles. The fraction of sp³-hybridized carbons (Fsp3) is 0.219. The summed E-state index contributed by atoms with van der Waals surface area (Å²) in [5.74, 6) is 0.431. The topological polar surface area (TPSA) is 96.2 Å². The minimum absolute atomic E-state index is 0.0337. The summed E-state index contributed by atoms with van der Waals surface area (Å²) in [6.07, 6.45) is 6.52. The summed E-state index contributed by atoms with van der Waals surface area (Å²) in [7, 11) is 2.02. The van der Waals surface area contributed by atoms with Crippen molar-refractivity contribution in [3.05, 3.63) is 108 Å². The Morgan fingerprint density at radius 3 is 2.41 bits per heavy atom. The van der Waals surface area contributed by atoms with Crippen LogP contribution in [0.5, 0.6) is 0 Å². The number of hydrogen-bond acceptors (Lipinski definition) is 6. The molecule has 0 radical (unpaired) electrons. The van der Waals surface area contributed by atoms with Gasteiger partial charge in [-0.3, -0.25) is 14.6 Å². The van der Waals surface area contributed by atoms with Gasteiger partial charge in [0.2, 0.25) is 0 Å². The van der Waals surface area contributed by atoms with Crippen molar-refractivity contribution in [1.82, 2.24) is 29.7 Å². The van der Waals surface area contributed by atoms with Gasteiger partial charge in [0.25, 0.3) is 11.8 Å². The average Bonchev–Trinajstić information content (AvgIpc) is 3.31. The molecule has 3 aromatic heterocycles. The number of anilines is 1. The second-order valence-corrected chi connectivity index (χ2v) is 10.3. The quantitative estimate of drug-likeness (QED) is 0.343. The minimum Gasteiger partial charge on any atom is -0.352 e. The number of piperazine rings is 1. The van der Waals surface area contributed by atoms with Crippen molar-refractivity contribution < 1.29 is 9.59 Å². The Balaban J connectivity index is 1.16. The van der Waals surface area contributed by atoms with Gasteiger partial charge in [0.1, 0.15) is 11.5 Å². The van der Waals surface area contributed by atoms with E-state index in [1.54, 1.807) is 18.6 Å². The number of pyridine rings is 1. The molecule has 9 nitrogen and oxygen atoms in total. The predicted octanol–water partition coefficient (Wildman–Crippen LogP) is 4.23. The molecule has 0 spiro atoms. The van der Waals surface area contributed by atoms with E-state index in [-0.39, 0.29) is 17.5 Å².